The molecule has 0 aliphatic carbocycles. The molecular formula is C28H27F3N6O5S. The number of nitriles is 1. The lowest BCUT2D eigenvalue weighted by molar-refractivity contribution is -0.0429. The van der Waals surface area contributed by atoms with E-state index in [1.54, 1.807) is 10.6 Å². The molecule has 0 amide bonds. The third-order valence-electron chi connectivity index (χ3n) is 6.68. The summed E-state index contributed by atoms with van der Waals surface area (Å²) in [5, 5.41) is 33.3. The first-order valence-electron chi connectivity index (χ1n) is 12.8. The van der Waals surface area contributed by atoms with Gasteiger partial charge in [0.1, 0.15) is 17.6 Å². The fourth-order valence-electron chi connectivity index (χ4n) is 4.49. The van der Waals surface area contributed by atoms with E-state index in [-0.39, 0.29) is 41.9 Å². The number of alkyl halides is 3. The summed E-state index contributed by atoms with van der Waals surface area (Å²) >= 11 is 0. The Morgan fingerprint density at radius 2 is 1.81 bits per heavy atom. The Morgan fingerprint density at radius 3 is 2.44 bits per heavy atom. The highest BCUT2D eigenvalue weighted by Crippen LogP contribution is 2.27. The number of anilines is 2. The van der Waals surface area contributed by atoms with Crippen molar-refractivity contribution in [1.82, 2.24) is 14.9 Å². The van der Waals surface area contributed by atoms with Crippen molar-refractivity contribution < 1.29 is 36.6 Å². The fraction of sp³-hybridized carbons (Fsp3) is 0.250. The van der Waals surface area contributed by atoms with Crippen LogP contribution in [0.15, 0.2) is 60.8 Å². The minimum absolute atomic E-state index is 0.00265. The van der Waals surface area contributed by atoms with Gasteiger partial charge in [-0.2, -0.15) is 26.9 Å². The zero-order valence-electron chi connectivity index (χ0n) is 22.6. The minimum Gasteiger partial charge on any atom is -0.477 e. The lowest BCUT2D eigenvalue weighted by Gasteiger charge is -2.18. The van der Waals surface area contributed by atoms with Crippen molar-refractivity contribution in [3.8, 4) is 6.07 Å². The molecule has 0 saturated heterocycles. The molecule has 0 saturated carbocycles. The summed E-state index contributed by atoms with van der Waals surface area (Å²) in [4.78, 5) is 15.9. The van der Waals surface area contributed by atoms with Gasteiger partial charge in [-0.05, 0) is 60.9 Å². The largest absolute Gasteiger partial charge is 0.516 e. The molecule has 2 unspecified atom stereocenters. The van der Waals surface area contributed by atoms with E-state index in [0.717, 1.165) is 5.56 Å². The van der Waals surface area contributed by atoms with Gasteiger partial charge < -0.3 is 25.8 Å². The van der Waals surface area contributed by atoms with E-state index in [1.807, 2.05) is 25.1 Å². The van der Waals surface area contributed by atoms with Gasteiger partial charge in [0.05, 0.1) is 11.7 Å². The molecule has 11 nitrogen and oxygen atoms in total. The molecule has 2 aromatic carbocycles. The molecule has 4 aromatic rings. The number of aromatic carboxylic acids is 1. The molecule has 2 atom stereocenters. The van der Waals surface area contributed by atoms with Gasteiger partial charge in [0.2, 0.25) is 0 Å². The summed E-state index contributed by atoms with van der Waals surface area (Å²) in [6.07, 6.45) is 1.04. The van der Waals surface area contributed by atoms with Gasteiger partial charge in [0, 0.05) is 47.5 Å². The van der Waals surface area contributed by atoms with Gasteiger partial charge in [-0.15, -0.1) is 0 Å². The van der Waals surface area contributed by atoms with Crippen molar-refractivity contribution in [2.24, 2.45) is 0 Å². The number of hydrogen-bond donors (Lipinski definition) is 5. The van der Waals surface area contributed by atoms with Crippen LogP contribution < -0.4 is 15.8 Å². The molecule has 226 valence electrons. The number of carbonyl (C=O) groups is 1. The molecule has 0 aliphatic heterocycles. The number of nitrogens with one attached hydrogen (secondary N) is 2. The van der Waals surface area contributed by atoms with Crippen LogP contribution in [0, 0.1) is 11.3 Å². The third kappa shape index (κ3) is 7.23. The first kappa shape index (κ1) is 31.3. The van der Waals surface area contributed by atoms with E-state index in [0.29, 0.717) is 28.5 Å². The zero-order chi connectivity index (χ0) is 31.5. The van der Waals surface area contributed by atoms with E-state index in [1.165, 1.54) is 47.3 Å². The summed E-state index contributed by atoms with van der Waals surface area (Å²) in [7, 11) is -5.57. The number of aromatic nitrogens is 2. The lowest BCUT2D eigenvalue weighted by atomic mass is 10.0. The van der Waals surface area contributed by atoms with Crippen LogP contribution in [0.1, 0.15) is 45.8 Å². The molecule has 0 radical (unpaired) electrons. The Kier molecular flexibility index (Phi) is 8.95. The maximum Gasteiger partial charge on any atom is 0.516 e. The van der Waals surface area contributed by atoms with E-state index in [9.17, 15) is 36.6 Å². The average molecular weight is 617 g/mol. The average Bonchev–Trinajstić information content (AvgIpc) is 3.30. The van der Waals surface area contributed by atoms with Gasteiger partial charge in [0.25, 0.3) is 0 Å². The van der Waals surface area contributed by atoms with Gasteiger partial charge in [-0.25, -0.2) is 9.78 Å². The number of benzene rings is 2. The highest BCUT2D eigenvalue weighted by molar-refractivity contribution is 7.93. The maximum atomic E-state index is 12.6. The number of nitrogen functional groups attached to an aromatic ring is 1. The smallest absolute Gasteiger partial charge is 0.477 e. The van der Waals surface area contributed by atoms with Crippen LogP contribution in [-0.2, 0) is 23.0 Å². The number of halogens is 3. The zero-order valence-corrected chi connectivity index (χ0v) is 23.4. The second-order valence-electron chi connectivity index (χ2n) is 9.90. The molecule has 2 aromatic heterocycles. The Bertz CT molecular complexity index is 1800. The maximum absolute atomic E-state index is 12.6. The summed E-state index contributed by atoms with van der Waals surface area (Å²) in [6, 6.07) is 15.5. The van der Waals surface area contributed by atoms with Crippen molar-refractivity contribution in [2.75, 3.05) is 17.0 Å². The molecule has 0 fully saturated rings. The normalized spacial score (nSPS) is 13.4. The van der Waals surface area contributed by atoms with Crippen LogP contribution in [0.25, 0.3) is 10.9 Å². The predicted molar refractivity (Wildman–Crippen MR) is 153 cm³/mol. The van der Waals surface area contributed by atoms with Crippen molar-refractivity contribution in [3.63, 3.8) is 0 Å². The molecule has 0 bridgehead atoms. The fourth-order valence-corrected chi connectivity index (χ4v) is 5.05. The number of nitrogens with zero attached hydrogens (tertiary/aromatic N) is 3. The second-order valence-corrected chi connectivity index (χ2v) is 11.6. The van der Waals surface area contributed by atoms with E-state index < -0.39 is 27.6 Å². The van der Waals surface area contributed by atoms with E-state index in [4.69, 9.17) is 11.0 Å². The van der Waals surface area contributed by atoms with Crippen molar-refractivity contribution >= 4 is 38.4 Å². The monoisotopic (exact) mass is 616 g/mol. The predicted octanol–water partition coefficient (Wildman–Crippen LogP) is 3.75. The number of sulfonamides is 1. The van der Waals surface area contributed by atoms with Crippen LogP contribution in [0.5, 0.6) is 0 Å². The summed E-state index contributed by atoms with van der Waals surface area (Å²) in [5.74, 6) is -1.09. The molecule has 0 spiro atoms. The first-order chi connectivity index (χ1) is 20.2. The molecule has 43 heavy (non-hydrogen) atoms. The van der Waals surface area contributed by atoms with Crippen LogP contribution in [0.2, 0.25) is 0 Å². The number of fused-ring (bicyclic) bond motifs is 1. The number of nitrogens with two attached hydrogens (primary N) is 1. The molecule has 4 rings (SSSR count). The first-order valence-corrected chi connectivity index (χ1v) is 14.3. The van der Waals surface area contributed by atoms with Crippen LogP contribution in [0.3, 0.4) is 0 Å². The van der Waals surface area contributed by atoms with Gasteiger partial charge in [-0.3, -0.25) is 4.72 Å². The van der Waals surface area contributed by atoms with Crippen molar-refractivity contribution in [1.29, 1.82) is 5.26 Å². The standard InChI is InChI=1S/C28H27F3N6O5S/c1-16(34-14-25(38)21-10-20(12-32)26(33)35-13-21)8-18-4-7-23-19(9-18)11-24(27(39)40)37(23)15-17-2-5-22(6-3-17)36-43(41,42)28(29,30)31/h2-7,9-11,13,16,25,34,36,38H,8,14-15H2,1H3,(H2,33,35)(H,39,40). The quantitative estimate of drug-likeness (QED) is 0.167. The third-order valence-corrected chi connectivity index (χ3v) is 7.80. The van der Waals surface area contributed by atoms with E-state index in [2.05, 4.69) is 10.3 Å². The molecule has 15 heteroatoms. The second kappa shape index (κ2) is 12.3. The SMILES string of the molecule is CC(Cc1ccc2c(c1)cc(C(=O)O)n2Cc1ccc(NS(=O)(=O)C(F)(F)F)cc1)NCC(O)c1cnc(N)c(C#N)c1. The van der Waals surface area contributed by atoms with Gasteiger partial charge in [-0.1, -0.05) is 18.2 Å². The van der Waals surface area contributed by atoms with Gasteiger partial charge in [0.15, 0.2) is 0 Å². The number of hydrogen-bond acceptors (Lipinski definition) is 8. The van der Waals surface area contributed by atoms with Crippen molar-refractivity contribution in [2.45, 2.75) is 37.5 Å². The number of rotatable bonds is 11. The van der Waals surface area contributed by atoms with Crippen LogP contribution in [0.4, 0.5) is 24.7 Å². The minimum atomic E-state index is -5.57. The highest BCUT2D eigenvalue weighted by atomic mass is 32.2. The van der Waals surface area contributed by atoms with Gasteiger partial charge >= 0.3 is 21.5 Å². The Balaban J connectivity index is 1.46. The summed E-state index contributed by atoms with van der Waals surface area (Å²) in [6.45, 7) is 2.18. The molecule has 6 N–H and O–H groups in total. The summed E-state index contributed by atoms with van der Waals surface area (Å²) in [5.41, 5.74) is 2.56. The Morgan fingerprint density at radius 1 is 1.14 bits per heavy atom. The highest BCUT2D eigenvalue weighted by Gasteiger charge is 2.46. The molecular weight excluding hydrogens is 589 g/mol. The number of carboxylic acid groups (broad SMARTS) is 1. The lowest BCUT2D eigenvalue weighted by Crippen LogP contribution is -2.32. The summed E-state index contributed by atoms with van der Waals surface area (Å²) < 4.78 is 63.6. The Hall–Kier alpha value is -4.65. The number of aliphatic hydroxyl groups is 1. The van der Waals surface area contributed by atoms with Crippen LogP contribution >= 0.6 is 0 Å². The van der Waals surface area contributed by atoms with Crippen LogP contribution in [-0.4, -0.2) is 52.2 Å². The molecule has 0 aliphatic rings. The van der Waals surface area contributed by atoms with Crippen molar-refractivity contribution in [3.05, 3.63) is 88.7 Å². The number of aliphatic hydroxyl groups excluding tert-OH is 1. The Labute approximate surface area is 244 Å². The number of pyridine rings is 1. The number of carboxylic acids is 1. The van der Waals surface area contributed by atoms with E-state index >= 15 is 0 Å². The topological polar surface area (TPSA) is 183 Å². The molecule has 2 heterocycles.